The van der Waals surface area contributed by atoms with Gasteiger partial charge < -0.3 is 10.3 Å². The van der Waals surface area contributed by atoms with Crippen LogP contribution < -0.4 is 10.9 Å². The average molecular weight is 300 g/mol. The van der Waals surface area contributed by atoms with Crippen LogP contribution in [0.5, 0.6) is 0 Å². The Morgan fingerprint density at radius 1 is 1.14 bits per heavy atom. The number of hydrogen-bond donors (Lipinski definition) is 2. The number of H-pyrrole nitrogens is 1. The van der Waals surface area contributed by atoms with Gasteiger partial charge in [0, 0.05) is 23.0 Å². The number of carbonyl (C=O) groups excluding carboxylic acids is 1. The fourth-order valence-electron chi connectivity index (χ4n) is 2.44. The Balaban J connectivity index is 2.21. The minimum absolute atomic E-state index is 0.0351. The quantitative estimate of drug-likeness (QED) is 0.915. The zero-order valence-electron chi connectivity index (χ0n) is 14.0. The average Bonchev–Trinajstić information content (AvgIpc) is 2.36. The monoisotopic (exact) mass is 300 g/mol. The molecule has 2 N–H and O–H groups in total. The molecule has 118 valence electrons. The molecule has 4 heteroatoms. The second kappa shape index (κ2) is 5.95. The third-order valence-corrected chi connectivity index (χ3v) is 3.67. The summed E-state index contributed by atoms with van der Waals surface area (Å²) < 4.78 is 0. The molecule has 1 aromatic heterocycles. The summed E-state index contributed by atoms with van der Waals surface area (Å²) in [5, 5.41) is 3.92. The van der Waals surface area contributed by atoms with Crippen LogP contribution in [-0.2, 0) is 11.2 Å². The molecule has 22 heavy (non-hydrogen) atoms. The standard InChI is InChI=1S/C18H24N2O2/c1-11-8-14-10-13(6-7-16(21)20-18(3,4)5)17(22)19-15(14)9-12(11)2/h8-10H,6-7H2,1-5H3,(H,19,22)(H,20,21). The number of nitrogens with one attached hydrogen (secondary N) is 2. The molecular weight excluding hydrogens is 276 g/mol. The summed E-state index contributed by atoms with van der Waals surface area (Å²) in [6, 6.07) is 5.95. The summed E-state index contributed by atoms with van der Waals surface area (Å²) >= 11 is 0. The highest BCUT2D eigenvalue weighted by atomic mass is 16.1. The van der Waals surface area contributed by atoms with Crippen molar-refractivity contribution in [2.24, 2.45) is 0 Å². The van der Waals surface area contributed by atoms with Crippen molar-refractivity contribution in [1.82, 2.24) is 10.3 Å². The Morgan fingerprint density at radius 3 is 2.41 bits per heavy atom. The summed E-state index contributed by atoms with van der Waals surface area (Å²) in [5.41, 5.74) is 3.48. The van der Waals surface area contributed by atoms with Crippen molar-refractivity contribution in [2.45, 2.75) is 53.0 Å². The molecule has 4 nitrogen and oxygen atoms in total. The molecule has 0 aliphatic rings. The Labute approximate surface area is 130 Å². The normalized spacial score (nSPS) is 11.7. The van der Waals surface area contributed by atoms with Crippen LogP contribution in [0.25, 0.3) is 10.9 Å². The van der Waals surface area contributed by atoms with E-state index in [0.29, 0.717) is 18.4 Å². The predicted molar refractivity (Wildman–Crippen MR) is 90.3 cm³/mol. The molecule has 0 unspecified atom stereocenters. The first-order valence-corrected chi connectivity index (χ1v) is 7.60. The first kappa shape index (κ1) is 16.3. The van der Waals surface area contributed by atoms with Gasteiger partial charge in [0.25, 0.3) is 5.56 Å². The van der Waals surface area contributed by atoms with Crippen LogP contribution in [-0.4, -0.2) is 16.4 Å². The molecule has 0 saturated carbocycles. The Morgan fingerprint density at radius 2 is 1.77 bits per heavy atom. The fraction of sp³-hybridized carbons (Fsp3) is 0.444. The smallest absolute Gasteiger partial charge is 0.251 e. The topological polar surface area (TPSA) is 62.0 Å². The lowest BCUT2D eigenvalue weighted by atomic mass is 10.0. The van der Waals surface area contributed by atoms with E-state index < -0.39 is 0 Å². The highest BCUT2D eigenvalue weighted by Crippen LogP contribution is 2.17. The third-order valence-electron chi connectivity index (χ3n) is 3.67. The van der Waals surface area contributed by atoms with Gasteiger partial charge in [-0.05, 0) is 75.8 Å². The number of amides is 1. The number of benzene rings is 1. The third kappa shape index (κ3) is 3.97. The lowest BCUT2D eigenvalue weighted by Gasteiger charge is -2.20. The van der Waals surface area contributed by atoms with E-state index >= 15 is 0 Å². The summed E-state index contributed by atoms with van der Waals surface area (Å²) in [6.07, 6.45) is 0.761. The number of rotatable bonds is 3. The molecule has 0 aliphatic carbocycles. The Bertz CT molecular complexity index is 767. The SMILES string of the molecule is Cc1cc2cc(CCC(=O)NC(C)(C)C)c(=O)[nH]c2cc1C. The summed E-state index contributed by atoms with van der Waals surface area (Å²) in [7, 11) is 0. The number of carbonyl (C=O) groups is 1. The first-order chi connectivity index (χ1) is 10.2. The van der Waals surface area contributed by atoms with E-state index in [4.69, 9.17) is 0 Å². The zero-order chi connectivity index (χ0) is 16.5. The van der Waals surface area contributed by atoms with Crippen LogP contribution in [0.3, 0.4) is 0 Å². The van der Waals surface area contributed by atoms with Gasteiger partial charge in [0.15, 0.2) is 0 Å². The Kier molecular flexibility index (Phi) is 4.40. The summed E-state index contributed by atoms with van der Waals surface area (Å²) in [6.45, 7) is 9.91. The van der Waals surface area contributed by atoms with Gasteiger partial charge in [-0.3, -0.25) is 9.59 Å². The maximum atomic E-state index is 12.1. The minimum atomic E-state index is -0.248. The molecule has 2 aromatic rings. The molecular formula is C18H24N2O2. The van der Waals surface area contributed by atoms with Crippen LogP contribution in [0.1, 0.15) is 43.9 Å². The van der Waals surface area contributed by atoms with Gasteiger partial charge >= 0.3 is 0 Å². The van der Waals surface area contributed by atoms with Crippen LogP contribution in [0.2, 0.25) is 0 Å². The molecule has 0 fully saturated rings. The van der Waals surface area contributed by atoms with Crippen molar-refractivity contribution in [3.05, 3.63) is 45.2 Å². The second-order valence-corrected chi connectivity index (χ2v) is 6.95. The zero-order valence-corrected chi connectivity index (χ0v) is 14.0. The number of pyridine rings is 1. The van der Waals surface area contributed by atoms with E-state index in [0.717, 1.165) is 16.5 Å². The molecule has 0 bridgehead atoms. The number of hydrogen-bond acceptors (Lipinski definition) is 2. The number of aromatic nitrogens is 1. The van der Waals surface area contributed by atoms with E-state index in [1.807, 2.05) is 39.8 Å². The van der Waals surface area contributed by atoms with E-state index in [1.165, 1.54) is 5.56 Å². The number of aromatic amines is 1. The second-order valence-electron chi connectivity index (χ2n) is 6.95. The summed E-state index contributed by atoms with van der Waals surface area (Å²) in [4.78, 5) is 26.9. The maximum Gasteiger partial charge on any atom is 0.251 e. The van der Waals surface area contributed by atoms with Crippen molar-refractivity contribution in [3.63, 3.8) is 0 Å². The van der Waals surface area contributed by atoms with Crippen LogP contribution in [0.15, 0.2) is 23.0 Å². The highest BCUT2D eigenvalue weighted by Gasteiger charge is 2.14. The van der Waals surface area contributed by atoms with Crippen molar-refractivity contribution in [3.8, 4) is 0 Å². The molecule has 0 spiro atoms. The predicted octanol–water partition coefficient (Wildman–Crippen LogP) is 2.99. The van der Waals surface area contributed by atoms with Gasteiger partial charge in [0.1, 0.15) is 0 Å². The molecule has 1 aromatic carbocycles. The molecule has 0 aliphatic heterocycles. The van der Waals surface area contributed by atoms with E-state index in [-0.39, 0.29) is 17.0 Å². The van der Waals surface area contributed by atoms with Crippen molar-refractivity contribution in [1.29, 1.82) is 0 Å². The van der Waals surface area contributed by atoms with Crippen molar-refractivity contribution >= 4 is 16.8 Å². The molecule has 0 saturated heterocycles. The highest BCUT2D eigenvalue weighted by molar-refractivity contribution is 5.81. The van der Waals surface area contributed by atoms with Gasteiger partial charge in [-0.25, -0.2) is 0 Å². The molecule has 1 heterocycles. The number of aryl methyl sites for hydroxylation is 3. The van der Waals surface area contributed by atoms with E-state index in [9.17, 15) is 9.59 Å². The van der Waals surface area contributed by atoms with E-state index in [1.54, 1.807) is 0 Å². The van der Waals surface area contributed by atoms with Crippen molar-refractivity contribution in [2.75, 3.05) is 0 Å². The van der Waals surface area contributed by atoms with Crippen LogP contribution in [0.4, 0.5) is 0 Å². The van der Waals surface area contributed by atoms with Crippen LogP contribution >= 0.6 is 0 Å². The van der Waals surface area contributed by atoms with E-state index in [2.05, 4.69) is 23.3 Å². The first-order valence-electron chi connectivity index (χ1n) is 7.60. The largest absolute Gasteiger partial charge is 0.351 e. The summed E-state index contributed by atoms with van der Waals surface area (Å²) in [5.74, 6) is -0.0351. The number of fused-ring (bicyclic) bond motifs is 1. The molecule has 1 amide bonds. The molecule has 0 radical (unpaired) electrons. The van der Waals surface area contributed by atoms with Gasteiger partial charge in [-0.15, -0.1) is 0 Å². The fourth-order valence-corrected chi connectivity index (χ4v) is 2.44. The van der Waals surface area contributed by atoms with Crippen LogP contribution in [0, 0.1) is 13.8 Å². The molecule has 2 rings (SSSR count). The maximum absolute atomic E-state index is 12.1. The van der Waals surface area contributed by atoms with Gasteiger partial charge in [0.2, 0.25) is 5.91 Å². The van der Waals surface area contributed by atoms with Gasteiger partial charge in [0.05, 0.1) is 0 Å². The van der Waals surface area contributed by atoms with Crippen molar-refractivity contribution < 1.29 is 4.79 Å². The van der Waals surface area contributed by atoms with Gasteiger partial charge in [-0.2, -0.15) is 0 Å². The Hall–Kier alpha value is -2.10. The van der Waals surface area contributed by atoms with Gasteiger partial charge in [-0.1, -0.05) is 0 Å². The lowest BCUT2D eigenvalue weighted by Crippen LogP contribution is -2.40. The molecule has 0 atom stereocenters. The minimum Gasteiger partial charge on any atom is -0.351 e. The lowest BCUT2D eigenvalue weighted by molar-refractivity contribution is -0.122.